The summed E-state index contributed by atoms with van der Waals surface area (Å²) in [5.41, 5.74) is 0. The van der Waals surface area contributed by atoms with Gasteiger partial charge in [-0.05, 0) is 12.8 Å². The van der Waals surface area contributed by atoms with Crippen LogP contribution in [0.1, 0.15) is 57.7 Å². The quantitative estimate of drug-likeness (QED) is 0.713. The Labute approximate surface area is 80.8 Å². The highest BCUT2D eigenvalue weighted by molar-refractivity contribution is 4.96. The van der Waals surface area contributed by atoms with E-state index in [1.54, 1.807) is 0 Å². The van der Waals surface area contributed by atoms with Gasteiger partial charge >= 0.3 is 0 Å². The van der Waals surface area contributed by atoms with E-state index in [9.17, 15) is 0 Å². The van der Waals surface area contributed by atoms with Gasteiger partial charge in [0.2, 0.25) is 0 Å². The molecule has 0 amide bonds. The minimum Gasteiger partial charge on any atom is -0.348 e. The molecule has 0 aliphatic heterocycles. The summed E-state index contributed by atoms with van der Waals surface area (Å²) in [5, 5.41) is 0. The molecule has 1 unspecified atom stereocenters. The molecule has 0 spiro atoms. The Morgan fingerprint density at radius 3 is 2.69 bits per heavy atom. The molecular weight excluding hydrogens is 160 g/mol. The Kier molecular flexibility index (Phi) is 4.58. The fourth-order valence-corrected chi connectivity index (χ4v) is 1.72. The second-order valence-corrected chi connectivity index (χ2v) is 3.60. The smallest absolute Gasteiger partial charge is 0.109 e. The number of H-pyrrole nitrogens is 1. The molecule has 2 heteroatoms. The first-order chi connectivity index (χ1) is 6.38. The van der Waals surface area contributed by atoms with Crippen LogP contribution in [0.25, 0.3) is 0 Å². The number of imidazole rings is 1. The van der Waals surface area contributed by atoms with E-state index in [-0.39, 0.29) is 0 Å². The second-order valence-electron chi connectivity index (χ2n) is 3.60. The number of aromatic amines is 1. The molecule has 0 aliphatic rings. The first kappa shape index (κ1) is 10.3. The van der Waals surface area contributed by atoms with E-state index in [4.69, 9.17) is 0 Å². The molecule has 1 rings (SSSR count). The van der Waals surface area contributed by atoms with Gasteiger partial charge in [-0.3, -0.25) is 0 Å². The SMILES string of the molecule is CCCCC(CCC)c1ncc[nH]1. The van der Waals surface area contributed by atoms with Crippen molar-refractivity contribution in [2.75, 3.05) is 0 Å². The van der Waals surface area contributed by atoms with Crippen molar-refractivity contribution in [3.63, 3.8) is 0 Å². The molecule has 0 fully saturated rings. The van der Waals surface area contributed by atoms with Gasteiger partial charge in [0, 0.05) is 18.3 Å². The Balaban J connectivity index is 2.47. The number of aromatic nitrogens is 2. The third-order valence-corrected chi connectivity index (χ3v) is 2.45. The molecule has 1 aromatic rings. The van der Waals surface area contributed by atoms with Gasteiger partial charge in [0.05, 0.1) is 0 Å². The molecule has 0 saturated heterocycles. The maximum absolute atomic E-state index is 4.33. The van der Waals surface area contributed by atoms with Gasteiger partial charge in [0.15, 0.2) is 0 Å². The molecule has 0 aromatic carbocycles. The van der Waals surface area contributed by atoms with E-state index < -0.39 is 0 Å². The maximum atomic E-state index is 4.33. The van der Waals surface area contributed by atoms with Gasteiger partial charge in [-0.15, -0.1) is 0 Å². The van der Waals surface area contributed by atoms with Crippen LogP contribution in [-0.4, -0.2) is 9.97 Å². The Morgan fingerprint density at radius 2 is 2.15 bits per heavy atom. The number of rotatable bonds is 6. The number of nitrogens with one attached hydrogen (secondary N) is 1. The molecule has 13 heavy (non-hydrogen) atoms. The zero-order chi connectivity index (χ0) is 9.52. The molecule has 0 aliphatic carbocycles. The predicted octanol–water partition coefficient (Wildman–Crippen LogP) is 3.48. The van der Waals surface area contributed by atoms with Crippen LogP contribution >= 0.6 is 0 Å². The van der Waals surface area contributed by atoms with E-state index in [1.807, 2.05) is 12.4 Å². The van der Waals surface area contributed by atoms with E-state index in [1.165, 1.54) is 37.9 Å². The molecule has 1 heterocycles. The van der Waals surface area contributed by atoms with Crippen molar-refractivity contribution in [1.29, 1.82) is 0 Å². The largest absolute Gasteiger partial charge is 0.348 e. The molecule has 2 nitrogen and oxygen atoms in total. The highest BCUT2D eigenvalue weighted by Crippen LogP contribution is 2.23. The van der Waals surface area contributed by atoms with Gasteiger partial charge in [-0.2, -0.15) is 0 Å². The van der Waals surface area contributed by atoms with Crippen molar-refractivity contribution < 1.29 is 0 Å². The first-order valence-corrected chi connectivity index (χ1v) is 5.37. The summed E-state index contributed by atoms with van der Waals surface area (Å²) in [4.78, 5) is 7.55. The van der Waals surface area contributed by atoms with Crippen LogP contribution in [0.3, 0.4) is 0 Å². The Bertz CT molecular complexity index is 204. The van der Waals surface area contributed by atoms with Crippen molar-refractivity contribution in [3.05, 3.63) is 18.2 Å². The van der Waals surface area contributed by atoms with Crippen LogP contribution in [0.5, 0.6) is 0 Å². The van der Waals surface area contributed by atoms with Gasteiger partial charge in [-0.25, -0.2) is 4.98 Å². The van der Waals surface area contributed by atoms with Gasteiger partial charge < -0.3 is 4.98 Å². The third kappa shape index (κ3) is 3.21. The van der Waals surface area contributed by atoms with Crippen LogP contribution in [0, 0.1) is 0 Å². The second kappa shape index (κ2) is 5.79. The molecule has 0 bridgehead atoms. The fraction of sp³-hybridized carbons (Fsp3) is 0.727. The maximum Gasteiger partial charge on any atom is 0.109 e. The summed E-state index contributed by atoms with van der Waals surface area (Å²) < 4.78 is 0. The number of hydrogen-bond acceptors (Lipinski definition) is 1. The summed E-state index contributed by atoms with van der Waals surface area (Å²) >= 11 is 0. The van der Waals surface area contributed by atoms with Crippen molar-refractivity contribution in [2.45, 2.75) is 51.9 Å². The standard InChI is InChI=1S/C11H20N2/c1-3-5-7-10(6-4-2)11-12-8-9-13-11/h8-10H,3-7H2,1-2H3,(H,12,13). The van der Waals surface area contributed by atoms with E-state index in [2.05, 4.69) is 23.8 Å². The lowest BCUT2D eigenvalue weighted by atomic mass is 9.96. The van der Waals surface area contributed by atoms with Crippen LogP contribution in [0.4, 0.5) is 0 Å². The summed E-state index contributed by atoms with van der Waals surface area (Å²) in [7, 11) is 0. The fourth-order valence-electron chi connectivity index (χ4n) is 1.72. The minimum absolute atomic E-state index is 0.653. The summed E-state index contributed by atoms with van der Waals surface area (Å²) in [6, 6.07) is 0. The van der Waals surface area contributed by atoms with Crippen LogP contribution < -0.4 is 0 Å². The monoisotopic (exact) mass is 180 g/mol. The van der Waals surface area contributed by atoms with Crippen LogP contribution in [0.15, 0.2) is 12.4 Å². The summed E-state index contributed by atoms with van der Waals surface area (Å²) in [6.07, 6.45) is 10.1. The Morgan fingerprint density at radius 1 is 1.31 bits per heavy atom. The van der Waals surface area contributed by atoms with E-state index >= 15 is 0 Å². The van der Waals surface area contributed by atoms with Gasteiger partial charge in [-0.1, -0.05) is 33.1 Å². The lowest BCUT2D eigenvalue weighted by molar-refractivity contribution is 0.521. The highest BCUT2D eigenvalue weighted by atomic mass is 14.9. The topological polar surface area (TPSA) is 28.7 Å². The normalized spacial score (nSPS) is 13.1. The van der Waals surface area contributed by atoms with Crippen molar-refractivity contribution in [3.8, 4) is 0 Å². The molecular formula is C11H20N2. The molecule has 1 atom stereocenters. The first-order valence-electron chi connectivity index (χ1n) is 5.37. The zero-order valence-corrected chi connectivity index (χ0v) is 8.71. The average molecular weight is 180 g/mol. The molecule has 0 saturated carbocycles. The lowest BCUT2D eigenvalue weighted by Crippen LogP contribution is -2.00. The van der Waals surface area contributed by atoms with E-state index in [0.717, 1.165) is 0 Å². The van der Waals surface area contributed by atoms with E-state index in [0.29, 0.717) is 5.92 Å². The van der Waals surface area contributed by atoms with Crippen LogP contribution in [-0.2, 0) is 0 Å². The zero-order valence-electron chi connectivity index (χ0n) is 8.71. The molecule has 1 aromatic heterocycles. The number of hydrogen-bond donors (Lipinski definition) is 1. The third-order valence-electron chi connectivity index (χ3n) is 2.45. The van der Waals surface area contributed by atoms with Crippen molar-refractivity contribution >= 4 is 0 Å². The van der Waals surface area contributed by atoms with Crippen molar-refractivity contribution in [1.82, 2.24) is 9.97 Å². The summed E-state index contributed by atoms with van der Waals surface area (Å²) in [5.74, 6) is 1.83. The molecule has 0 radical (unpaired) electrons. The van der Waals surface area contributed by atoms with Gasteiger partial charge in [0.25, 0.3) is 0 Å². The minimum atomic E-state index is 0.653. The lowest BCUT2D eigenvalue weighted by Gasteiger charge is -2.12. The molecule has 74 valence electrons. The average Bonchev–Trinajstić information content (AvgIpc) is 2.65. The predicted molar refractivity (Wildman–Crippen MR) is 55.8 cm³/mol. The highest BCUT2D eigenvalue weighted by Gasteiger charge is 2.11. The number of unbranched alkanes of at least 4 members (excludes halogenated alkanes) is 1. The van der Waals surface area contributed by atoms with Crippen molar-refractivity contribution in [2.24, 2.45) is 0 Å². The molecule has 1 N–H and O–H groups in total. The van der Waals surface area contributed by atoms with Crippen LogP contribution in [0.2, 0.25) is 0 Å². The number of nitrogens with zero attached hydrogens (tertiary/aromatic N) is 1. The Hall–Kier alpha value is -0.790. The van der Waals surface area contributed by atoms with Gasteiger partial charge in [0.1, 0.15) is 5.82 Å². The summed E-state index contributed by atoms with van der Waals surface area (Å²) in [6.45, 7) is 4.48.